The van der Waals surface area contributed by atoms with Crippen LogP contribution in [-0.4, -0.2) is 26.8 Å². The molecule has 1 aliphatic heterocycles. The van der Waals surface area contributed by atoms with E-state index in [-0.39, 0.29) is 5.75 Å². The number of carbonyl (C=O) groups excluding carboxylic acids is 1. The minimum Gasteiger partial charge on any atom is -0.410 e. The van der Waals surface area contributed by atoms with Crippen LogP contribution in [0.5, 0.6) is 5.75 Å². The molecule has 1 heterocycles. The lowest BCUT2D eigenvalue weighted by atomic mass is 10.0. The Morgan fingerprint density at radius 3 is 2.69 bits per heavy atom. The van der Waals surface area contributed by atoms with Crippen molar-refractivity contribution in [2.75, 3.05) is 21.9 Å². The quantitative estimate of drug-likeness (QED) is 0.864. The van der Waals surface area contributed by atoms with E-state index in [2.05, 4.69) is 5.32 Å². The fourth-order valence-electron chi connectivity index (χ4n) is 3.01. The number of benzene rings is 2. The van der Waals surface area contributed by atoms with Crippen LogP contribution < -0.4 is 14.4 Å². The lowest BCUT2D eigenvalue weighted by Gasteiger charge is -2.30. The average molecular weight is 374 g/mol. The highest BCUT2D eigenvalue weighted by Crippen LogP contribution is 2.32. The molecule has 0 aromatic heterocycles. The fraction of sp³-hybridized carbons (Fsp3) is 0.316. The number of amides is 1. The zero-order valence-corrected chi connectivity index (χ0v) is 15.5. The smallest absolute Gasteiger partial charge is 0.410 e. The van der Waals surface area contributed by atoms with Crippen molar-refractivity contribution in [1.82, 2.24) is 0 Å². The van der Waals surface area contributed by atoms with E-state index in [9.17, 15) is 13.2 Å². The number of aryl methyl sites for hydroxylation is 1. The van der Waals surface area contributed by atoms with Crippen LogP contribution in [0.3, 0.4) is 0 Å². The van der Waals surface area contributed by atoms with E-state index < -0.39 is 16.1 Å². The first-order chi connectivity index (χ1) is 12.5. The second kappa shape index (κ2) is 7.78. The molecule has 0 radical (unpaired) electrons. The Bertz CT molecular complexity index is 882. The van der Waals surface area contributed by atoms with Crippen molar-refractivity contribution in [3.05, 3.63) is 54.1 Å². The summed E-state index contributed by atoms with van der Waals surface area (Å²) in [5.74, 6) is 0.551. The molecule has 0 spiro atoms. The molecule has 138 valence electrons. The molecule has 1 aliphatic rings. The Kier molecular flexibility index (Phi) is 5.46. The van der Waals surface area contributed by atoms with Gasteiger partial charge >= 0.3 is 6.09 Å². The first-order valence-corrected chi connectivity index (χ1v) is 10.3. The van der Waals surface area contributed by atoms with Crippen LogP contribution >= 0.6 is 0 Å². The summed E-state index contributed by atoms with van der Waals surface area (Å²) < 4.78 is 31.7. The fourth-order valence-corrected chi connectivity index (χ4v) is 4.63. The normalized spacial score (nSPS) is 13.8. The van der Waals surface area contributed by atoms with Crippen molar-refractivity contribution >= 4 is 27.5 Å². The summed E-state index contributed by atoms with van der Waals surface area (Å²) in [5, 5.41) is 2.66. The monoisotopic (exact) mass is 374 g/mol. The van der Waals surface area contributed by atoms with Gasteiger partial charge in [0.1, 0.15) is 5.75 Å². The molecular weight excluding hydrogens is 352 g/mol. The van der Waals surface area contributed by atoms with E-state index >= 15 is 0 Å². The van der Waals surface area contributed by atoms with Crippen LogP contribution in [-0.2, 0) is 16.4 Å². The van der Waals surface area contributed by atoms with E-state index in [4.69, 9.17) is 4.74 Å². The Morgan fingerprint density at radius 2 is 1.96 bits per heavy atom. The van der Waals surface area contributed by atoms with Crippen LogP contribution in [0.15, 0.2) is 48.5 Å². The topological polar surface area (TPSA) is 75.7 Å². The molecule has 0 bridgehead atoms. The summed E-state index contributed by atoms with van der Waals surface area (Å²) in [4.78, 5) is 12.1. The third-order valence-electron chi connectivity index (χ3n) is 4.16. The molecule has 0 aliphatic carbocycles. The van der Waals surface area contributed by atoms with Gasteiger partial charge in [0.15, 0.2) is 0 Å². The van der Waals surface area contributed by atoms with Gasteiger partial charge in [-0.15, -0.1) is 0 Å². The number of nitrogens with one attached hydrogen (secondary N) is 1. The molecule has 0 saturated heterocycles. The van der Waals surface area contributed by atoms with Crippen molar-refractivity contribution in [3.63, 3.8) is 0 Å². The number of ether oxygens (including phenoxy) is 1. The minimum atomic E-state index is -3.35. The molecule has 26 heavy (non-hydrogen) atoms. The Morgan fingerprint density at radius 1 is 1.19 bits per heavy atom. The molecule has 0 fully saturated rings. The molecular formula is C19H22N2O4S. The highest BCUT2D eigenvalue weighted by atomic mass is 32.2. The van der Waals surface area contributed by atoms with Gasteiger partial charge in [0.05, 0.1) is 11.4 Å². The Hall–Kier alpha value is -2.54. The lowest BCUT2D eigenvalue weighted by molar-refractivity contribution is 0.215. The molecule has 0 unspecified atom stereocenters. The number of sulfonamides is 1. The third-order valence-corrected chi connectivity index (χ3v) is 6.13. The van der Waals surface area contributed by atoms with E-state index in [0.29, 0.717) is 30.1 Å². The van der Waals surface area contributed by atoms with Gasteiger partial charge in [0.25, 0.3) is 0 Å². The summed E-state index contributed by atoms with van der Waals surface area (Å²) in [6.45, 7) is 2.31. The SMILES string of the molecule is CCCS(=O)(=O)N1CCCc2ccc(NC(=O)Oc3ccccc3)cc21. The number of hydrogen-bond acceptors (Lipinski definition) is 4. The second-order valence-corrected chi connectivity index (χ2v) is 8.18. The maximum absolute atomic E-state index is 12.5. The number of nitrogens with zero attached hydrogens (tertiary/aromatic N) is 1. The van der Waals surface area contributed by atoms with Gasteiger partial charge < -0.3 is 4.74 Å². The van der Waals surface area contributed by atoms with Crippen LogP contribution in [0, 0.1) is 0 Å². The van der Waals surface area contributed by atoms with Gasteiger partial charge in [0, 0.05) is 12.2 Å². The molecule has 3 rings (SSSR count). The maximum atomic E-state index is 12.5. The van der Waals surface area contributed by atoms with Crippen molar-refractivity contribution in [2.24, 2.45) is 0 Å². The number of carbonyl (C=O) groups is 1. The zero-order chi connectivity index (χ0) is 18.6. The van der Waals surface area contributed by atoms with Crippen LogP contribution in [0.25, 0.3) is 0 Å². The summed E-state index contributed by atoms with van der Waals surface area (Å²) in [7, 11) is -3.35. The molecule has 2 aromatic carbocycles. The predicted octanol–water partition coefficient (Wildman–Crippen LogP) is 3.79. The van der Waals surface area contributed by atoms with Gasteiger partial charge in [0.2, 0.25) is 10.0 Å². The van der Waals surface area contributed by atoms with Crippen molar-refractivity contribution < 1.29 is 17.9 Å². The lowest BCUT2D eigenvalue weighted by Crippen LogP contribution is -2.37. The van der Waals surface area contributed by atoms with Crippen LogP contribution in [0.1, 0.15) is 25.3 Å². The standard InChI is InChI=1S/C19H22N2O4S/c1-2-13-26(23,24)21-12-6-7-15-10-11-16(14-18(15)21)20-19(22)25-17-8-4-3-5-9-17/h3-5,8-11,14H,2,6-7,12-13H2,1H3,(H,20,22). The summed E-state index contributed by atoms with van der Waals surface area (Å²) in [6.07, 6.45) is 1.56. The zero-order valence-electron chi connectivity index (χ0n) is 14.6. The van der Waals surface area contributed by atoms with Crippen molar-refractivity contribution in [3.8, 4) is 5.75 Å². The van der Waals surface area contributed by atoms with Crippen molar-refractivity contribution in [2.45, 2.75) is 26.2 Å². The molecule has 1 amide bonds. The number of rotatable bonds is 5. The summed E-state index contributed by atoms with van der Waals surface area (Å²) >= 11 is 0. The summed E-state index contributed by atoms with van der Waals surface area (Å²) in [6, 6.07) is 14.1. The van der Waals surface area contributed by atoms with Gasteiger partial charge in [-0.05, 0) is 49.1 Å². The number of anilines is 2. The van der Waals surface area contributed by atoms with Crippen LogP contribution in [0.4, 0.5) is 16.2 Å². The first-order valence-electron chi connectivity index (χ1n) is 8.67. The highest BCUT2D eigenvalue weighted by molar-refractivity contribution is 7.92. The molecule has 2 aromatic rings. The molecule has 0 atom stereocenters. The van der Waals surface area contributed by atoms with E-state index in [1.807, 2.05) is 19.1 Å². The average Bonchev–Trinajstić information content (AvgIpc) is 2.61. The minimum absolute atomic E-state index is 0.111. The maximum Gasteiger partial charge on any atom is 0.417 e. The molecule has 0 saturated carbocycles. The Labute approximate surface area is 153 Å². The van der Waals surface area contributed by atoms with Gasteiger partial charge in [-0.3, -0.25) is 9.62 Å². The van der Waals surface area contributed by atoms with Gasteiger partial charge in [-0.25, -0.2) is 13.2 Å². The van der Waals surface area contributed by atoms with Gasteiger partial charge in [-0.1, -0.05) is 31.2 Å². The van der Waals surface area contributed by atoms with Crippen molar-refractivity contribution in [1.29, 1.82) is 0 Å². The largest absolute Gasteiger partial charge is 0.417 e. The number of para-hydroxylation sites is 1. The molecule has 7 heteroatoms. The van der Waals surface area contributed by atoms with Gasteiger partial charge in [-0.2, -0.15) is 0 Å². The molecule has 6 nitrogen and oxygen atoms in total. The van der Waals surface area contributed by atoms with E-state index in [1.165, 1.54) is 4.31 Å². The number of fused-ring (bicyclic) bond motifs is 1. The van der Waals surface area contributed by atoms with Crippen LogP contribution in [0.2, 0.25) is 0 Å². The first kappa shape index (κ1) is 18.3. The Balaban J connectivity index is 1.80. The second-order valence-electron chi connectivity index (χ2n) is 6.16. The summed E-state index contributed by atoms with van der Waals surface area (Å²) in [5.41, 5.74) is 2.11. The highest BCUT2D eigenvalue weighted by Gasteiger charge is 2.27. The number of hydrogen-bond donors (Lipinski definition) is 1. The molecule has 1 N–H and O–H groups in total. The van der Waals surface area contributed by atoms with E-state index in [0.717, 1.165) is 18.4 Å². The van der Waals surface area contributed by atoms with E-state index in [1.54, 1.807) is 36.4 Å². The predicted molar refractivity (Wildman–Crippen MR) is 102 cm³/mol. The third kappa shape index (κ3) is 4.16.